The molecule has 4 nitrogen and oxygen atoms in total. The summed E-state index contributed by atoms with van der Waals surface area (Å²) in [7, 11) is 0. The first kappa shape index (κ1) is 15.2. The van der Waals surface area contributed by atoms with Crippen molar-refractivity contribution in [2.24, 2.45) is 0 Å². The third-order valence-electron chi connectivity index (χ3n) is 4.55. The molecule has 0 unspecified atom stereocenters. The highest BCUT2D eigenvalue weighted by Crippen LogP contribution is 2.24. The lowest BCUT2D eigenvalue weighted by molar-refractivity contribution is 0.0726. The van der Waals surface area contributed by atoms with Crippen LogP contribution in [0, 0.1) is 0 Å². The number of pyridine rings is 1. The number of halogens is 1. The summed E-state index contributed by atoms with van der Waals surface area (Å²) in [5, 5.41) is 5.08. The second-order valence-electron chi connectivity index (χ2n) is 6.17. The highest BCUT2D eigenvalue weighted by molar-refractivity contribution is 6.30. The molecule has 3 aromatic rings. The van der Waals surface area contributed by atoms with E-state index < -0.39 is 0 Å². The van der Waals surface area contributed by atoms with Crippen molar-refractivity contribution in [3.8, 4) is 11.1 Å². The molecule has 0 aliphatic carbocycles. The Hall–Kier alpha value is -2.33. The summed E-state index contributed by atoms with van der Waals surface area (Å²) in [5.41, 5.74) is 3.57. The number of carbonyl (C=O) groups is 1. The Morgan fingerprint density at radius 2 is 1.88 bits per heavy atom. The third kappa shape index (κ3) is 2.78. The maximum Gasteiger partial charge on any atom is 0.257 e. The van der Waals surface area contributed by atoms with E-state index in [0.29, 0.717) is 10.6 Å². The molecule has 0 bridgehead atoms. The van der Waals surface area contributed by atoms with Gasteiger partial charge in [0.25, 0.3) is 5.91 Å². The summed E-state index contributed by atoms with van der Waals surface area (Å²) < 4.78 is 1.77. The van der Waals surface area contributed by atoms with Crippen molar-refractivity contribution in [1.82, 2.24) is 14.5 Å². The van der Waals surface area contributed by atoms with Crippen molar-refractivity contribution in [3.05, 3.63) is 59.4 Å². The maximum atomic E-state index is 12.7. The van der Waals surface area contributed by atoms with Crippen LogP contribution in [0.3, 0.4) is 0 Å². The van der Waals surface area contributed by atoms with Crippen LogP contribution in [-0.4, -0.2) is 33.5 Å². The summed E-state index contributed by atoms with van der Waals surface area (Å²) in [6.45, 7) is 1.69. The fourth-order valence-corrected chi connectivity index (χ4v) is 3.45. The van der Waals surface area contributed by atoms with Crippen molar-refractivity contribution in [2.75, 3.05) is 13.1 Å². The normalized spacial score (nSPS) is 15.0. The molecule has 1 aliphatic rings. The average molecular weight is 340 g/mol. The molecule has 1 amide bonds. The van der Waals surface area contributed by atoms with Gasteiger partial charge in [-0.1, -0.05) is 29.8 Å². The van der Waals surface area contributed by atoms with Crippen molar-refractivity contribution < 1.29 is 4.79 Å². The average Bonchev–Trinajstić information content (AvgIpc) is 3.05. The number of aromatic nitrogens is 2. The van der Waals surface area contributed by atoms with Crippen LogP contribution in [0.5, 0.6) is 0 Å². The van der Waals surface area contributed by atoms with E-state index in [9.17, 15) is 4.79 Å². The fourth-order valence-electron chi connectivity index (χ4n) is 3.26. The maximum absolute atomic E-state index is 12.7. The zero-order valence-electron chi connectivity index (χ0n) is 13.3. The molecule has 1 aromatic carbocycles. The summed E-state index contributed by atoms with van der Waals surface area (Å²) in [6, 6.07) is 11.7. The zero-order chi connectivity index (χ0) is 16.5. The van der Waals surface area contributed by atoms with Crippen molar-refractivity contribution in [1.29, 1.82) is 0 Å². The van der Waals surface area contributed by atoms with Gasteiger partial charge in [0, 0.05) is 29.9 Å². The predicted octanol–water partition coefficient (Wildman–Crippen LogP) is 4.28. The molecule has 3 heterocycles. The quantitative estimate of drug-likeness (QED) is 0.698. The Balaban J connectivity index is 1.69. The van der Waals surface area contributed by atoms with E-state index in [2.05, 4.69) is 5.10 Å². The second-order valence-corrected chi connectivity index (χ2v) is 6.61. The van der Waals surface area contributed by atoms with Crippen LogP contribution in [0.1, 0.15) is 29.6 Å². The van der Waals surface area contributed by atoms with Crippen molar-refractivity contribution in [3.63, 3.8) is 0 Å². The van der Waals surface area contributed by atoms with Crippen LogP contribution < -0.4 is 0 Å². The number of piperidine rings is 1. The number of hydrogen-bond donors (Lipinski definition) is 0. The summed E-state index contributed by atoms with van der Waals surface area (Å²) >= 11 is 6.07. The molecule has 0 atom stereocenters. The number of likely N-dealkylation sites (tertiary alicyclic amines) is 1. The van der Waals surface area contributed by atoms with Gasteiger partial charge in [-0.2, -0.15) is 5.10 Å². The third-order valence-corrected chi connectivity index (χ3v) is 4.78. The second kappa shape index (κ2) is 6.29. The molecule has 5 heteroatoms. The van der Waals surface area contributed by atoms with Crippen molar-refractivity contribution in [2.45, 2.75) is 19.3 Å². The van der Waals surface area contributed by atoms with Gasteiger partial charge in [0.05, 0.1) is 17.3 Å². The minimum Gasteiger partial charge on any atom is -0.339 e. The topological polar surface area (TPSA) is 37.6 Å². The van der Waals surface area contributed by atoms with E-state index in [-0.39, 0.29) is 5.91 Å². The Kier molecular flexibility index (Phi) is 3.98. The van der Waals surface area contributed by atoms with E-state index in [4.69, 9.17) is 11.6 Å². The zero-order valence-corrected chi connectivity index (χ0v) is 14.0. The molecular formula is C19H18ClN3O. The molecule has 122 valence electrons. The Morgan fingerprint density at radius 3 is 2.67 bits per heavy atom. The number of hydrogen-bond acceptors (Lipinski definition) is 2. The highest BCUT2D eigenvalue weighted by atomic mass is 35.5. The number of nitrogens with zero attached hydrogens (tertiary/aromatic N) is 3. The number of carbonyl (C=O) groups excluding carboxylic acids is 1. The van der Waals surface area contributed by atoms with E-state index in [1.54, 1.807) is 10.7 Å². The molecule has 1 aliphatic heterocycles. The van der Waals surface area contributed by atoms with Crippen LogP contribution in [0.4, 0.5) is 0 Å². The van der Waals surface area contributed by atoms with Gasteiger partial charge in [0.1, 0.15) is 0 Å². The molecule has 0 radical (unpaired) electrons. The first-order valence-corrected chi connectivity index (χ1v) is 8.63. The lowest BCUT2D eigenvalue weighted by Gasteiger charge is -2.26. The lowest BCUT2D eigenvalue weighted by Crippen LogP contribution is -2.35. The van der Waals surface area contributed by atoms with Crippen LogP contribution in [0.2, 0.25) is 5.02 Å². The number of amides is 1. The minimum absolute atomic E-state index is 0.0835. The van der Waals surface area contributed by atoms with Gasteiger partial charge >= 0.3 is 0 Å². The van der Waals surface area contributed by atoms with Gasteiger partial charge in [-0.3, -0.25) is 4.79 Å². The van der Waals surface area contributed by atoms with E-state index in [0.717, 1.165) is 42.6 Å². The molecule has 1 fully saturated rings. The molecule has 1 saturated heterocycles. The van der Waals surface area contributed by atoms with Gasteiger partial charge in [-0.05, 0) is 43.0 Å². The molecular weight excluding hydrogens is 322 g/mol. The Morgan fingerprint density at radius 1 is 1.04 bits per heavy atom. The summed E-state index contributed by atoms with van der Waals surface area (Å²) in [4.78, 5) is 14.7. The number of benzene rings is 1. The molecule has 0 N–H and O–H groups in total. The monoisotopic (exact) mass is 339 g/mol. The lowest BCUT2D eigenvalue weighted by atomic mass is 10.1. The largest absolute Gasteiger partial charge is 0.339 e. The standard InChI is InChI=1S/C19H18ClN3O/c20-16-6-4-5-14(11-16)15-7-8-18-17(12-21-23(18)13-15)19(24)22-9-2-1-3-10-22/h4-8,11-13H,1-3,9-10H2. The SMILES string of the molecule is O=C(c1cnn2cc(-c3cccc(Cl)c3)ccc12)N1CCCCC1. The van der Waals surface area contributed by atoms with Crippen LogP contribution in [-0.2, 0) is 0 Å². The molecule has 4 rings (SSSR count). The predicted molar refractivity (Wildman–Crippen MR) is 95.4 cm³/mol. The molecule has 2 aromatic heterocycles. The van der Waals surface area contributed by atoms with Crippen molar-refractivity contribution >= 4 is 23.0 Å². The van der Waals surface area contributed by atoms with Gasteiger partial charge < -0.3 is 4.90 Å². The fraction of sp³-hybridized carbons (Fsp3) is 0.263. The van der Waals surface area contributed by atoms with Gasteiger partial charge in [-0.25, -0.2) is 4.52 Å². The smallest absolute Gasteiger partial charge is 0.257 e. The van der Waals surface area contributed by atoms with Gasteiger partial charge in [0.2, 0.25) is 0 Å². The first-order chi connectivity index (χ1) is 11.7. The molecule has 0 spiro atoms. The van der Waals surface area contributed by atoms with E-state index >= 15 is 0 Å². The molecule has 24 heavy (non-hydrogen) atoms. The summed E-state index contributed by atoms with van der Waals surface area (Å²) in [6.07, 6.45) is 7.00. The van der Waals surface area contributed by atoms with E-state index in [1.165, 1.54) is 6.42 Å². The highest BCUT2D eigenvalue weighted by Gasteiger charge is 2.21. The summed E-state index contributed by atoms with van der Waals surface area (Å²) in [5.74, 6) is 0.0835. The van der Waals surface area contributed by atoms with Gasteiger partial charge in [-0.15, -0.1) is 0 Å². The van der Waals surface area contributed by atoms with Crippen LogP contribution in [0.25, 0.3) is 16.6 Å². The van der Waals surface area contributed by atoms with E-state index in [1.807, 2.05) is 47.5 Å². The minimum atomic E-state index is 0.0835. The van der Waals surface area contributed by atoms with Crippen LogP contribution in [0.15, 0.2) is 48.8 Å². The van der Waals surface area contributed by atoms with Gasteiger partial charge in [0.15, 0.2) is 0 Å². The number of fused-ring (bicyclic) bond motifs is 1. The van der Waals surface area contributed by atoms with Crippen LogP contribution >= 0.6 is 11.6 Å². The Labute approximate surface area is 145 Å². The first-order valence-electron chi connectivity index (χ1n) is 8.25. The molecule has 0 saturated carbocycles. The Bertz CT molecular complexity index is 897. The number of rotatable bonds is 2.